The van der Waals surface area contributed by atoms with E-state index in [9.17, 15) is 4.79 Å². The highest BCUT2D eigenvalue weighted by Gasteiger charge is 2.25. The number of rotatable bonds is 1. The van der Waals surface area contributed by atoms with Gasteiger partial charge in [-0.3, -0.25) is 4.79 Å². The van der Waals surface area contributed by atoms with E-state index >= 15 is 0 Å². The molecule has 0 spiro atoms. The van der Waals surface area contributed by atoms with Gasteiger partial charge in [0.05, 0.1) is 0 Å². The van der Waals surface area contributed by atoms with Crippen LogP contribution >= 0.6 is 12.4 Å². The minimum atomic E-state index is 0. The summed E-state index contributed by atoms with van der Waals surface area (Å²) in [7, 11) is 0. The molecular formula is C14H19ClN2O3. The van der Waals surface area contributed by atoms with Crippen LogP contribution < -0.4 is 14.8 Å². The highest BCUT2D eigenvalue weighted by molar-refractivity contribution is 5.95. The fourth-order valence-corrected chi connectivity index (χ4v) is 2.48. The monoisotopic (exact) mass is 298 g/mol. The summed E-state index contributed by atoms with van der Waals surface area (Å²) in [5.41, 5.74) is 0.665. The van der Waals surface area contributed by atoms with Gasteiger partial charge in [0.2, 0.25) is 0 Å². The van der Waals surface area contributed by atoms with Gasteiger partial charge in [0.1, 0.15) is 13.2 Å². The molecule has 1 aromatic carbocycles. The number of nitrogens with one attached hydrogen (secondary N) is 1. The molecule has 2 aliphatic rings. The Balaban J connectivity index is 0.00000147. The zero-order valence-electron chi connectivity index (χ0n) is 11.4. The fourth-order valence-electron chi connectivity index (χ4n) is 2.48. The maximum Gasteiger partial charge on any atom is 0.254 e. The van der Waals surface area contributed by atoms with Gasteiger partial charge in [-0.25, -0.2) is 0 Å². The van der Waals surface area contributed by atoms with E-state index in [0.29, 0.717) is 24.5 Å². The SMILES string of the molecule is CC1CNCCN1C(=O)c1ccc2c(c1)OCCO2.Cl. The van der Waals surface area contributed by atoms with Gasteiger partial charge in [-0.05, 0) is 25.1 Å². The van der Waals surface area contributed by atoms with E-state index in [0.717, 1.165) is 25.4 Å². The van der Waals surface area contributed by atoms with Gasteiger partial charge in [0, 0.05) is 31.2 Å². The molecular weight excluding hydrogens is 280 g/mol. The number of halogens is 1. The summed E-state index contributed by atoms with van der Waals surface area (Å²) in [6.45, 7) is 5.59. The van der Waals surface area contributed by atoms with Crippen molar-refractivity contribution in [3.63, 3.8) is 0 Å². The summed E-state index contributed by atoms with van der Waals surface area (Å²) in [6, 6.07) is 5.62. The molecule has 1 saturated heterocycles. The van der Waals surface area contributed by atoms with Crippen molar-refractivity contribution in [1.82, 2.24) is 10.2 Å². The Kier molecular flexibility index (Phi) is 4.73. The van der Waals surface area contributed by atoms with Crippen LogP contribution in [0.1, 0.15) is 17.3 Å². The summed E-state index contributed by atoms with van der Waals surface area (Å²) in [5, 5.41) is 3.28. The minimum absolute atomic E-state index is 0. The number of ether oxygens (including phenoxy) is 2. The smallest absolute Gasteiger partial charge is 0.254 e. The number of fused-ring (bicyclic) bond motifs is 1. The third-order valence-electron chi connectivity index (χ3n) is 3.55. The number of piperazine rings is 1. The molecule has 1 atom stereocenters. The topological polar surface area (TPSA) is 50.8 Å². The van der Waals surface area contributed by atoms with E-state index < -0.39 is 0 Å². The van der Waals surface area contributed by atoms with Crippen LogP contribution in [0.2, 0.25) is 0 Å². The average Bonchev–Trinajstić information content (AvgIpc) is 2.46. The number of carbonyl (C=O) groups excluding carboxylic acids is 1. The third kappa shape index (κ3) is 2.83. The Labute approximate surface area is 124 Å². The van der Waals surface area contributed by atoms with Crippen molar-refractivity contribution in [3.05, 3.63) is 23.8 Å². The molecule has 2 aliphatic heterocycles. The zero-order chi connectivity index (χ0) is 13.2. The van der Waals surface area contributed by atoms with Crippen molar-refractivity contribution in [1.29, 1.82) is 0 Å². The quantitative estimate of drug-likeness (QED) is 0.849. The van der Waals surface area contributed by atoms with Crippen LogP contribution in [0.15, 0.2) is 18.2 Å². The molecule has 6 heteroatoms. The molecule has 20 heavy (non-hydrogen) atoms. The molecule has 0 aliphatic carbocycles. The van der Waals surface area contributed by atoms with Gasteiger partial charge in [-0.2, -0.15) is 0 Å². The van der Waals surface area contributed by atoms with E-state index in [1.807, 2.05) is 17.0 Å². The molecule has 0 radical (unpaired) electrons. The van der Waals surface area contributed by atoms with Crippen LogP contribution in [-0.4, -0.2) is 49.7 Å². The van der Waals surface area contributed by atoms with Gasteiger partial charge in [0.25, 0.3) is 5.91 Å². The van der Waals surface area contributed by atoms with Crippen LogP contribution in [0.4, 0.5) is 0 Å². The number of hydrogen-bond donors (Lipinski definition) is 1. The van der Waals surface area contributed by atoms with E-state index in [4.69, 9.17) is 9.47 Å². The van der Waals surface area contributed by atoms with E-state index in [1.54, 1.807) is 6.07 Å². The van der Waals surface area contributed by atoms with Crippen LogP contribution in [0.25, 0.3) is 0 Å². The summed E-state index contributed by atoms with van der Waals surface area (Å²) < 4.78 is 11.0. The Morgan fingerprint density at radius 1 is 1.30 bits per heavy atom. The number of nitrogens with zero attached hydrogens (tertiary/aromatic N) is 1. The van der Waals surface area contributed by atoms with Gasteiger partial charge in [-0.1, -0.05) is 0 Å². The first-order valence-corrected chi connectivity index (χ1v) is 6.67. The lowest BCUT2D eigenvalue weighted by Crippen LogP contribution is -2.52. The summed E-state index contributed by atoms with van der Waals surface area (Å²) >= 11 is 0. The molecule has 0 saturated carbocycles. The molecule has 1 N–H and O–H groups in total. The lowest BCUT2D eigenvalue weighted by molar-refractivity contribution is 0.0654. The van der Waals surface area contributed by atoms with Crippen molar-refractivity contribution in [2.75, 3.05) is 32.8 Å². The minimum Gasteiger partial charge on any atom is -0.486 e. The molecule has 110 valence electrons. The third-order valence-corrected chi connectivity index (χ3v) is 3.55. The average molecular weight is 299 g/mol. The van der Waals surface area contributed by atoms with Crippen LogP contribution in [0.3, 0.4) is 0 Å². The van der Waals surface area contributed by atoms with Crippen molar-refractivity contribution in [2.45, 2.75) is 13.0 Å². The predicted molar refractivity (Wildman–Crippen MR) is 78.0 cm³/mol. The molecule has 1 fully saturated rings. The second-order valence-corrected chi connectivity index (χ2v) is 4.91. The first-order chi connectivity index (χ1) is 9.25. The molecule has 1 unspecified atom stereocenters. The molecule has 1 aromatic rings. The maximum atomic E-state index is 12.5. The summed E-state index contributed by atoms with van der Waals surface area (Å²) in [4.78, 5) is 14.4. The second kappa shape index (κ2) is 6.33. The fraction of sp³-hybridized carbons (Fsp3) is 0.500. The van der Waals surface area contributed by atoms with Crippen LogP contribution in [-0.2, 0) is 0 Å². The molecule has 2 heterocycles. The van der Waals surface area contributed by atoms with Crippen LogP contribution in [0.5, 0.6) is 11.5 Å². The largest absolute Gasteiger partial charge is 0.486 e. The molecule has 3 rings (SSSR count). The lowest BCUT2D eigenvalue weighted by atomic mass is 10.1. The normalized spacial score (nSPS) is 21.1. The zero-order valence-corrected chi connectivity index (χ0v) is 12.2. The lowest BCUT2D eigenvalue weighted by Gasteiger charge is -2.34. The Morgan fingerprint density at radius 2 is 2.05 bits per heavy atom. The van der Waals surface area contributed by atoms with Crippen molar-refractivity contribution in [2.24, 2.45) is 0 Å². The molecule has 5 nitrogen and oxygen atoms in total. The van der Waals surface area contributed by atoms with Gasteiger partial charge in [0.15, 0.2) is 11.5 Å². The molecule has 0 aromatic heterocycles. The van der Waals surface area contributed by atoms with E-state index in [1.165, 1.54) is 0 Å². The Hall–Kier alpha value is -1.46. The van der Waals surface area contributed by atoms with Crippen molar-refractivity contribution >= 4 is 18.3 Å². The van der Waals surface area contributed by atoms with Gasteiger partial charge < -0.3 is 19.7 Å². The highest BCUT2D eigenvalue weighted by Crippen LogP contribution is 2.31. The van der Waals surface area contributed by atoms with E-state index in [-0.39, 0.29) is 24.4 Å². The first-order valence-electron chi connectivity index (χ1n) is 6.67. The van der Waals surface area contributed by atoms with Crippen molar-refractivity contribution in [3.8, 4) is 11.5 Å². The second-order valence-electron chi connectivity index (χ2n) is 4.91. The summed E-state index contributed by atoms with van der Waals surface area (Å²) in [6.07, 6.45) is 0. The summed E-state index contributed by atoms with van der Waals surface area (Å²) in [5.74, 6) is 1.45. The Morgan fingerprint density at radius 3 is 2.80 bits per heavy atom. The number of carbonyl (C=O) groups is 1. The number of hydrogen-bond acceptors (Lipinski definition) is 4. The standard InChI is InChI=1S/C14H18N2O3.ClH/c1-10-9-15-4-5-16(10)14(17)11-2-3-12-13(8-11)19-7-6-18-12;/h2-3,8,10,15H,4-7,9H2,1H3;1H. The number of benzene rings is 1. The Bertz CT molecular complexity index is 495. The van der Waals surface area contributed by atoms with Crippen LogP contribution in [0, 0.1) is 0 Å². The van der Waals surface area contributed by atoms with E-state index in [2.05, 4.69) is 12.2 Å². The molecule has 0 bridgehead atoms. The first kappa shape index (κ1) is 14.9. The van der Waals surface area contributed by atoms with Crippen molar-refractivity contribution < 1.29 is 14.3 Å². The maximum absolute atomic E-state index is 12.5. The highest BCUT2D eigenvalue weighted by atomic mass is 35.5. The molecule has 1 amide bonds. The van der Waals surface area contributed by atoms with Gasteiger partial charge in [-0.15, -0.1) is 12.4 Å². The number of amides is 1. The predicted octanol–water partition coefficient (Wildman–Crippen LogP) is 1.31. The van der Waals surface area contributed by atoms with Gasteiger partial charge >= 0.3 is 0 Å².